The van der Waals surface area contributed by atoms with Gasteiger partial charge in [-0.3, -0.25) is 0 Å². The van der Waals surface area contributed by atoms with Crippen LogP contribution in [0.2, 0.25) is 5.02 Å². The van der Waals surface area contributed by atoms with Gasteiger partial charge in [-0.2, -0.15) is 5.26 Å². The molecule has 0 aromatic heterocycles. The molecule has 0 heterocycles. The Morgan fingerprint density at radius 2 is 2.05 bits per heavy atom. The second-order valence-electron chi connectivity index (χ2n) is 4.31. The average Bonchev–Trinajstić information content (AvgIpc) is 2.49. The minimum absolute atomic E-state index is 0.101. The zero-order valence-electron chi connectivity index (χ0n) is 11.1. The number of nitriles is 1. The predicted octanol–water partition coefficient (Wildman–Crippen LogP) is 4.06. The van der Waals surface area contributed by atoms with Crippen molar-refractivity contribution in [2.75, 3.05) is 0 Å². The van der Waals surface area contributed by atoms with Gasteiger partial charge in [-0.1, -0.05) is 24.6 Å². The maximum Gasteiger partial charge on any atom is 0.145 e. The largest absolute Gasteiger partial charge is 0.456 e. The highest BCUT2D eigenvalue weighted by Crippen LogP contribution is 2.29. The lowest BCUT2D eigenvalue weighted by Gasteiger charge is -2.10. The van der Waals surface area contributed by atoms with Crippen LogP contribution in [0, 0.1) is 11.3 Å². The zero-order chi connectivity index (χ0) is 14.5. The zero-order valence-corrected chi connectivity index (χ0v) is 11.8. The van der Waals surface area contributed by atoms with Crippen molar-refractivity contribution in [2.24, 2.45) is 0 Å². The molecule has 0 saturated carbocycles. The SMILES string of the molecule is CCc1cc(Oc2ccc(CO)cc2C#N)ccc1Cl. The summed E-state index contributed by atoms with van der Waals surface area (Å²) in [5, 5.41) is 18.9. The van der Waals surface area contributed by atoms with Gasteiger partial charge in [0.1, 0.15) is 17.6 Å². The van der Waals surface area contributed by atoms with E-state index in [9.17, 15) is 0 Å². The fourth-order valence-corrected chi connectivity index (χ4v) is 2.12. The number of aryl methyl sites for hydroxylation is 1. The highest BCUT2D eigenvalue weighted by molar-refractivity contribution is 6.31. The van der Waals surface area contributed by atoms with E-state index in [1.165, 1.54) is 0 Å². The van der Waals surface area contributed by atoms with Crippen molar-refractivity contribution in [3.05, 3.63) is 58.1 Å². The summed E-state index contributed by atoms with van der Waals surface area (Å²) in [6.45, 7) is 1.91. The molecule has 0 aliphatic carbocycles. The van der Waals surface area contributed by atoms with Gasteiger partial charge in [0.05, 0.1) is 12.2 Å². The van der Waals surface area contributed by atoms with Crippen molar-refractivity contribution < 1.29 is 9.84 Å². The van der Waals surface area contributed by atoms with Crippen LogP contribution in [0.5, 0.6) is 11.5 Å². The lowest BCUT2D eigenvalue weighted by Crippen LogP contribution is -1.92. The van der Waals surface area contributed by atoms with Crippen LogP contribution >= 0.6 is 11.6 Å². The highest BCUT2D eigenvalue weighted by Gasteiger charge is 2.07. The number of benzene rings is 2. The molecule has 0 spiro atoms. The molecule has 0 radical (unpaired) electrons. The first-order valence-corrected chi connectivity index (χ1v) is 6.66. The molecular formula is C16H14ClNO2. The summed E-state index contributed by atoms with van der Waals surface area (Å²) >= 11 is 6.06. The second kappa shape index (κ2) is 6.42. The van der Waals surface area contributed by atoms with E-state index in [-0.39, 0.29) is 6.61 Å². The van der Waals surface area contributed by atoms with Gasteiger partial charge in [0.15, 0.2) is 0 Å². The third-order valence-corrected chi connectivity index (χ3v) is 3.34. The van der Waals surface area contributed by atoms with E-state index < -0.39 is 0 Å². The van der Waals surface area contributed by atoms with Gasteiger partial charge in [0, 0.05) is 5.02 Å². The Balaban J connectivity index is 2.32. The van der Waals surface area contributed by atoms with Crippen LogP contribution in [0.15, 0.2) is 36.4 Å². The fourth-order valence-electron chi connectivity index (χ4n) is 1.86. The number of ether oxygens (including phenoxy) is 1. The van der Waals surface area contributed by atoms with Crippen molar-refractivity contribution >= 4 is 11.6 Å². The maximum atomic E-state index is 9.13. The smallest absolute Gasteiger partial charge is 0.145 e. The Morgan fingerprint density at radius 1 is 1.25 bits per heavy atom. The molecular weight excluding hydrogens is 274 g/mol. The van der Waals surface area contributed by atoms with E-state index in [0.717, 1.165) is 12.0 Å². The number of halogens is 1. The van der Waals surface area contributed by atoms with Crippen LogP contribution < -0.4 is 4.74 Å². The van der Waals surface area contributed by atoms with Gasteiger partial charge in [0.2, 0.25) is 0 Å². The molecule has 0 fully saturated rings. The standard InChI is InChI=1S/C16H14ClNO2/c1-2-12-8-14(4-5-15(12)17)20-16-6-3-11(10-19)7-13(16)9-18/h3-8,19H,2,10H2,1H3. The average molecular weight is 288 g/mol. The Labute approximate surface area is 123 Å². The molecule has 0 atom stereocenters. The van der Waals surface area contributed by atoms with Crippen LogP contribution in [0.3, 0.4) is 0 Å². The number of rotatable bonds is 4. The summed E-state index contributed by atoms with van der Waals surface area (Å²) in [7, 11) is 0. The van der Waals surface area contributed by atoms with Gasteiger partial charge in [-0.15, -0.1) is 0 Å². The summed E-state index contributed by atoms with van der Waals surface area (Å²) in [6.07, 6.45) is 0.810. The minimum Gasteiger partial charge on any atom is -0.456 e. The highest BCUT2D eigenvalue weighted by atomic mass is 35.5. The third-order valence-electron chi connectivity index (χ3n) is 2.97. The molecule has 20 heavy (non-hydrogen) atoms. The Bertz CT molecular complexity index is 662. The number of nitrogens with zero attached hydrogens (tertiary/aromatic N) is 1. The summed E-state index contributed by atoms with van der Waals surface area (Å²) < 4.78 is 5.73. The Morgan fingerprint density at radius 3 is 2.70 bits per heavy atom. The van der Waals surface area contributed by atoms with Gasteiger partial charge in [-0.05, 0) is 47.9 Å². The summed E-state index contributed by atoms with van der Waals surface area (Å²) in [5.74, 6) is 1.11. The van der Waals surface area contributed by atoms with Gasteiger partial charge < -0.3 is 9.84 Å². The van der Waals surface area contributed by atoms with E-state index in [4.69, 9.17) is 26.7 Å². The minimum atomic E-state index is -0.101. The molecule has 0 bridgehead atoms. The number of aliphatic hydroxyl groups excluding tert-OH is 1. The molecule has 102 valence electrons. The van der Waals surface area contributed by atoms with E-state index in [0.29, 0.717) is 27.6 Å². The van der Waals surface area contributed by atoms with Crippen molar-refractivity contribution in [1.82, 2.24) is 0 Å². The Kier molecular flexibility index (Phi) is 4.62. The van der Waals surface area contributed by atoms with Gasteiger partial charge in [0.25, 0.3) is 0 Å². The molecule has 0 aliphatic heterocycles. The molecule has 3 nitrogen and oxygen atoms in total. The van der Waals surface area contributed by atoms with Crippen molar-refractivity contribution in [3.63, 3.8) is 0 Å². The van der Waals surface area contributed by atoms with E-state index in [1.54, 1.807) is 30.3 Å². The van der Waals surface area contributed by atoms with Gasteiger partial charge >= 0.3 is 0 Å². The van der Waals surface area contributed by atoms with Crippen LogP contribution in [-0.2, 0) is 13.0 Å². The summed E-state index contributed by atoms with van der Waals surface area (Å²) in [6, 6.07) is 12.5. The van der Waals surface area contributed by atoms with Crippen LogP contribution in [0.25, 0.3) is 0 Å². The molecule has 0 saturated heterocycles. The predicted molar refractivity (Wildman–Crippen MR) is 78.0 cm³/mol. The molecule has 1 N–H and O–H groups in total. The normalized spacial score (nSPS) is 10.1. The topological polar surface area (TPSA) is 53.2 Å². The maximum absolute atomic E-state index is 9.13. The Hall–Kier alpha value is -2.02. The van der Waals surface area contributed by atoms with Crippen molar-refractivity contribution in [3.8, 4) is 17.6 Å². The molecule has 2 aromatic rings. The van der Waals surface area contributed by atoms with Crippen molar-refractivity contribution in [1.29, 1.82) is 5.26 Å². The van der Waals surface area contributed by atoms with Crippen LogP contribution in [0.4, 0.5) is 0 Å². The number of hydrogen-bond donors (Lipinski definition) is 1. The molecule has 0 unspecified atom stereocenters. The van der Waals surface area contributed by atoms with Crippen LogP contribution in [0.1, 0.15) is 23.6 Å². The summed E-state index contributed by atoms with van der Waals surface area (Å²) in [4.78, 5) is 0. The number of aliphatic hydroxyl groups is 1. The lowest BCUT2D eigenvalue weighted by molar-refractivity contribution is 0.281. The third kappa shape index (κ3) is 3.11. The van der Waals surface area contributed by atoms with Crippen LogP contribution in [-0.4, -0.2) is 5.11 Å². The molecule has 2 rings (SSSR count). The van der Waals surface area contributed by atoms with Gasteiger partial charge in [-0.25, -0.2) is 0 Å². The van der Waals surface area contributed by atoms with E-state index in [1.807, 2.05) is 13.0 Å². The van der Waals surface area contributed by atoms with Crippen molar-refractivity contribution in [2.45, 2.75) is 20.0 Å². The first-order valence-electron chi connectivity index (χ1n) is 6.28. The lowest BCUT2D eigenvalue weighted by atomic mass is 10.1. The molecule has 0 amide bonds. The monoisotopic (exact) mass is 287 g/mol. The second-order valence-corrected chi connectivity index (χ2v) is 4.72. The summed E-state index contributed by atoms with van der Waals surface area (Å²) in [5.41, 5.74) is 2.07. The number of hydrogen-bond acceptors (Lipinski definition) is 3. The molecule has 4 heteroatoms. The van der Waals surface area contributed by atoms with E-state index >= 15 is 0 Å². The fraction of sp³-hybridized carbons (Fsp3) is 0.188. The first kappa shape index (κ1) is 14.4. The molecule has 2 aromatic carbocycles. The quantitative estimate of drug-likeness (QED) is 0.922. The first-order chi connectivity index (χ1) is 9.67. The molecule has 0 aliphatic rings. The van der Waals surface area contributed by atoms with E-state index in [2.05, 4.69) is 6.07 Å².